The van der Waals surface area contributed by atoms with Crippen LogP contribution in [0.3, 0.4) is 0 Å². The van der Waals surface area contributed by atoms with Gasteiger partial charge < -0.3 is 9.64 Å². The van der Waals surface area contributed by atoms with Crippen LogP contribution in [0.1, 0.15) is 44.0 Å². The quantitative estimate of drug-likeness (QED) is 0.591. The highest BCUT2D eigenvalue weighted by atomic mass is 16.5. The Morgan fingerprint density at radius 1 is 1.19 bits per heavy atom. The number of hydrogen-bond donors (Lipinski definition) is 0. The minimum Gasteiger partial charge on any atom is -0.494 e. The average molecular weight is 289 g/mol. The number of ether oxygens (including phenoxy) is 1. The number of carbonyl (C=O) groups excluding carboxylic acids is 1. The molecule has 21 heavy (non-hydrogen) atoms. The summed E-state index contributed by atoms with van der Waals surface area (Å²) in [5.74, 6) is 2.57. The van der Waals surface area contributed by atoms with E-state index in [-0.39, 0.29) is 5.78 Å². The lowest BCUT2D eigenvalue weighted by Gasteiger charge is -2.34. The van der Waals surface area contributed by atoms with E-state index in [9.17, 15) is 4.79 Å². The zero-order valence-electron chi connectivity index (χ0n) is 13.5. The monoisotopic (exact) mass is 289 g/mol. The number of benzene rings is 1. The van der Waals surface area contributed by atoms with E-state index in [0.29, 0.717) is 0 Å². The number of ketones is 1. The van der Waals surface area contributed by atoms with E-state index in [4.69, 9.17) is 4.74 Å². The highest BCUT2D eigenvalue weighted by Gasteiger charge is 2.20. The molecule has 3 nitrogen and oxygen atoms in total. The minimum absolute atomic E-state index is 0.0925. The summed E-state index contributed by atoms with van der Waals surface area (Å²) in [4.78, 5) is 13.8. The van der Waals surface area contributed by atoms with Crippen LogP contribution in [-0.4, -0.2) is 36.9 Å². The smallest absolute Gasteiger partial charge is 0.159 e. The van der Waals surface area contributed by atoms with Crippen molar-refractivity contribution in [1.82, 2.24) is 4.90 Å². The van der Waals surface area contributed by atoms with Crippen LogP contribution >= 0.6 is 0 Å². The van der Waals surface area contributed by atoms with Crippen LogP contribution < -0.4 is 4.74 Å². The molecule has 1 heterocycles. The minimum atomic E-state index is 0.0925. The molecular formula is C18H27NO2. The van der Waals surface area contributed by atoms with Crippen molar-refractivity contribution in [3.05, 3.63) is 29.8 Å². The molecule has 116 valence electrons. The molecule has 2 atom stereocenters. The number of hydrogen-bond acceptors (Lipinski definition) is 3. The van der Waals surface area contributed by atoms with Crippen molar-refractivity contribution in [2.75, 3.05) is 26.2 Å². The van der Waals surface area contributed by atoms with Crippen molar-refractivity contribution >= 4 is 5.78 Å². The van der Waals surface area contributed by atoms with E-state index in [1.54, 1.807) is 6.92 Å². The second-order valence-electron chi connectivity index (χ2n) is 6.49. The number of rotatable bonds is 6. The molecule has 2 rings (SSSR count). The summed E-state index contributed by atoms with van der Waals surface area (Å²) in [6.07, 6.45) is 2.41. The summed E-state index contributed by atoms with van der Waals surface area (Å²) in [5.41, 5.74) is 0.735. The lowest BCUT2D eigenvalue weighted by molar-refractivity contribution is 0.101. The normalized spacial score (nSPS) is 23.0. The molecule has 1 aliphatic rings. The van der Waals surface area contributed by atoms with Gasteiger partial charge in [-0.2, -0.15) is 0 Å². The molecule has 0 amide bonds. The van der Waals surface area contributed by atoms with Gasteiger partial charge in [0.05, 0.1) is 6.61 Å². The Hall–Kier alpha value is -1.35. The number of carbonyl (C=O) groups is 1. The second kappa shape index (κ2) is 7.60. The Morgan fingerprint density at radius 2 is 1.81 bits per heavy atom. The van der Waals surface area contributed by atoms with E-state index in [1.807, 2.05) is 24.3 Å². The fraction of sp³-hybridized carbons (Fsp3) is 0.611. The van der Waals surface area contributed by atoms with Gasteiger partial charge in [0.1, 0.15) is 5.75 Å². The van der Waals surface area contributed by atoms with E-state index in [2.05, 4.69) is 18.7 Å². The van der Waals surface area contributed by atoms with Gasteiger partial charge in [0, 0.05) is 25.2 Å². The summed E-state index contributed by atoms with van der Waals surface area (Å²) < 4.78 is 5.75. The Balaban J connectivity index is 1.68. The summed E-state index contributed by atoms with van der Waals surface area (Å²) in [6.45, 7) is 10.6. The first-order chi connectivity index (χ1) is 10.0. The standard InChI is InChI=1S/C18H27NO2/c1-14-11-15(2)13-19(12-14)9-4-10-21-18-7-5-17(6-8-18)16(3)20/h5-8,14-15H,4,9-13H2,1-3H3/t14-,15+. The second-order valence-corrected chi connectivity index (χ2v) is 6.49. The van der Waals surface area contributed by atoms with Gasteiger partial charge in [-0.05, 0) is 55.9 Å². The number of piperidine rings is 1. The summed E-state index contributed by atoms with van der Waals surface area (Å²) in [5, 5.41) is 0. The van der Waals surface area contributed by atoms with Gasteiger partial charge in [0.2, 0.25) is 0 Å². The lowest BCUT2D eigenvalue weighted by atomic mass is 9.92. The van der Waals surface area contributed by atoms with E-state index >= 15 is 0 Å². The number of likely N-dealkylation sites (tertiary alicyclic amines) is 1. The van der Waals surface area contributed by atoms with E-state index in [0.717, 1.165) is 42.7 Å². The topological polar surface area (TPSA) is 29.5 Å². The zero-order chi connectivity index (χ0) is 15.2. The molecule has 1 aliphatic heterocycles. The van der Waals surface area contributed by atoms with Gasteiger partial charge >= 0.3 is 0 Å². The molecular weight excluding hydrogens is 262 g/mol. The molecule has 0 aromatic heterocycles. The molecule has 0 aliphatic carbocycles. The molecule has 1 fully saturated rings. The molecule has 0 unspecified atom stereocenters. The molecule has 0 bridgehead atoms. The largest absolute Gasteiger partial charge is 0.494 e. The maximum absolute atomic E-state index is 11.2. The zero-order valence-corrected chi connectivity index (χ0v) is 13.5. The third-order valence-electron chi connectivity index (χ3n) is 4.09. The molecule has 3 heteroatoms. The first-order valence-corrected chi connectivity index (χ1v) is 8.00. The third-order valence-corrected chi connectivity index (χ3v) is 4.09. The van der Waals surface area contributed by atoms with E-state index < -0.39 is 0 Å². The third kappa shape index (κ3) is 5.16. The van der Waals surface area contributed by atoms with Crippen LogP contribution in [0.25, 0.3) is 0 Å². The van der Waals surface area contributed by atoms with Gasteiger partial charge in [0.15, 0.2) is 5.78 Å². The maximum Gasteiger partial charge on any atom is 0.159 e. The Labute approximate surface area is 128 Å². The Kier molecular flexibility index (Phi) is 5.80. The molecule has 1 aromatic rings. The predicted octanol–water partition coefficient (Wildman–Crippen LogP) is 3.64. The number of nitrogens with zero attached hydrogens (tertiary/aromatic N) is 1. The van der Waals surface area contributed by atoms with Gasteiger partial charge in [-0.15, -0.1) is 0 Å². The average Bonchev–Trinajstić information content (AvgIpc) is 2.43. The molecule has 1 saturated heterocycles. The highest BCUT2D eigenvalue weighted by Crippen LogP contribution is 2.21. The molecule has 0 spiro atoms. The van der Waals surface area contributed by atoms with Crippen molar-refractivity contribution in [3.63, 3.8) is 0 Å². The maximum atomic E-state index is 11.2. The van der Waals surface area contributed by atoms with Crippen molar-refractivity contribution in [2.24, 2.45) is 11.8 Å². The molecule has 1 aromatic carbocycles. The van der Waals surface area contributed by atoms with Gasteiger partial charge in [0.25, 0.3) is 0 Å². The van der Waals surface area contributed by atoms with Crippen LogP contribution in [0.5, 0.6) is 5.75 Å². The first kappa shape index (κ1) is 16.0. The molecule has 0 N–H and O–H groups in total. The summed E-state index contributed by atoms with van der Waals surface area (Å²) in [7, 11) is 0. The number of Topliss-reactive ketones (excluding diaryl/α,β-unsaturated/α-hetero) is 1. The highest BCUT2D eigenvalue weighted by molar-refractivity contribution is 5.94. The summed E-state index contributed by atoms with van der Waals surface area (Å²) >= 11 is 0. The lowest BCUT2D eigenvalue weighted by Crippen LogP contribution is -2.39. The van der Waals surface area contributed by atoms with Crippen LogP contribution in [0.4, 0.5) is 0 Å². The molecule has 0 saturated carbocycles. The molecule has 0 radical (unpaired) electrons. The SMILES string of the molecule is CC(=O)c1ccc(OCCCN2C[C@H](C)C[C@H](C)C2)cc1. The Morgan fingerprint density at radius 3 is 2.38 bits per heavy atom. The first-order valence-electron chi connectivity index (χ1n) is 8.00. The summed E-state index contributed by atoms with van der Waals surface area (Å²) in [6, 6.07) is 7.40. The predicted molar refractivity (Wildman–Crippen MR) is 85.9 cm³/mol. The van der Waals surface area contributed by atoms with Crippen LogP contribution in [-0.2, 0) is 0 Å². The van der Waals surface area contributed by atoms with Crippen molar-refractivity contribution in [2.45, 2.75) is 33.6 Å². The van der Waals surface area contributed by atoms with Crippen LogP contribution in [0.15, 0.2) is 24.3 Å². The van der Waals surface area contributed by atoms with Gasteiger partial charge in [-0.3, -0.25) is 4.79 Å². The van der Waals surface area contributed by atoms with E-state index in [1.165, 1.54) is 19.5 Å². The fourth-order valence-corrected chi connectivity index (χ4v) is 3.24. The Bertz CT molecular complexity index is 445. The van der Waals surface area contributed by atoms with Gasteiger partial charge in [-0.25, -0.2) is 0 Å². The fourth-order valence-electron chi connectivity index (χ4n) is 3.24. The van der Waals surface area contributed by atoms with Crippen molar-refractivity contribution in [3.8, 4) is 5.75 Å². The van der Waals surface area contributed by atoms with Crippen molar-refractivity contribution in [1.29, 1.82) is 0 Å². The van der Waals surface area contributed by atoms with Crippen LogP contribution in [0.2, 0.25) is 0 Å². The van der Waals surface area contributed by atoms with Gasteiger partial charge in [-0.1, -0.05) is 13.8 Å². The van der Waals surface area contributed by atoms with Crippen molar-refractivity contribution < 1.29 is 9.53 Å². The van der Waals surface area contributed by atoms with Crippen LogP contribution in [0, 0.1) is 11.8 Å².